The zero-order chi connectivity index (χ0) is 18.6. The molecule has 0 saturated heterocycles. The van der Waals surface area contributed by atoms with E-state index in [1.54, 1.807) is 18.2 Å². The molecule has 0 heterocycles. The number of halogens is 2. The van der Waals surface area contributed by atoms with Crippen molar-refractivity contribution in [1.29, 1.82) is 0 Å². The van der Waals surface area contributed by atoms with Crippen LogP contribution < -0.4 is 10.1 Å². The van der Waals surface area contributed by atoms with E-state index in [4.69, 9.17) is 21.1 Å². The van der Waals surface area contributed by atoms with Gasteiger partial charge in [0.1, 0.15) is 11.6 Å². The van der Waals surface area contributed by atoms with Gasteiger partial charge in [-0.25, -0.2) is 9.18 Å². The third kappa shape index (κ3) is 4.70. The SMILES string of the molecule is COc1cc(C(=O)O[C@H](C)C(=O)Nc2ccc(F)c(Cl)c2)ccc1C. The molecule has 132 valence electrons. The Balaban J connectivity index is 2.02. The van der Waals surface area contributed by atoms with E-state index in [0.29, 0.717) is 11.4 Å². The van der Waals surface area contributed by atoms with E-state index in [1.165, 1.54) is 26.2 Å². The first-order valence-corrected chi connectivity index (χ1v) is 7.81. The van der Waals surface area contributed by atoms with E-state index < -0.39 is 23.8 Å². The quantitative estimate of drug-likeness (QED) is 0.814. The van der Waals surface area contributed by atoms with Crippen LogP contribution in [0.2, 0.25) is 5.02 Å². The molecule has 0 aliphatic heterocycles. The second-order valence-electron chi connectivity index (χ2n) is 5.35. The zero-order valence-electron chi connectivity index (χ0n) is 13.9. The Hall–Kier alpha value is -2.60. The van der Waals surface area contributed by atoms with Crippen molar-refractivity contribution in [3.63, 3.8) is 0 Å². The van der Waals surface area contributed by atoms with E-state index in [-0.39, 0.29) is 10.6 Å². The first-order chi connectivity index (χ1) is 11.8. The van der Waals surface area contributed by atoms with E-state index in [1.807, 2.05) is 6.92 Å². The molecule has 0 aliphatic rings. The minimum absolute atomic E-state index is 0.116. The van der Waals surface area contributed by atoms with Gasteiger partial charge >= 0.3 is 5.97 Å². The van der Waals surface area contributed by atoms with Crippen LogP contribution in [0.5, 0.6) is 5.75 Å². The standard InChI is InChI=1S/C18H17ClFNO4/c1-10-4-5-12(8-16(10)24-3)18(23)25-11(2)17(22)21-13-6-7-15(20)14(19)9-13/h4-9,11H,1-3H3,(H,21,22)/t11-/m1/s1. The molecule has 1 N–H and O–H groups in total. The van der Waals surface area contributed by atoms with Crippen LogP contribution in [0.4, 0.5) is 10.1 Å². The molecule has 0 aliphatic carbocycles. The molecule has 0 aromatic heterocycles. The van der Waals surface area contributed by atoms with Gasteiger partial charge in [0.05, 0.1) is 17.7 Å². The highest BCUT2D eigenvalue weighted by Gasteiger charge is 2.20. The van der Waals surface area contributed by atoms with Crippen LogP contribution in [0, 0.1) is 12.7 Å². The summed E-state index contributed by atoms with van der Waals surface area (Å²) in [6, 6.07) is 8.62. The normalized spacial score (nSPS) is 11.6. The zero-order valence-corrected chi connectivity index (χ0v) is 14.7. The number of carbonyl (C=O) groups excluding carboxylic acids is 2. The molecule has 1 amide bonds. The molecule has 1 atom stereocenters. The number of esters is 1. The Bertz CT molecular complexity index is 810. The topological polar surface area (TPSA) is 64.6 Å². The maximum Gasteiger partial charge on any atom is 0.339 e. The molecule has 2 aromatic carbocycles. The summed E-state index contributed by atoms with van der Waals surface area (Å²) in [6.45, 7) is 3.28. The number of hydrogen-bond acceptors (Lipinski definition) is 4. The van der Waals surface area contributed by atoms with Crippen LogP contribution in [-0.4, -0.2) is 25.1 Å². The predicted octanol–water partition coefficient (Wildman–Crippen LogP) is 3.98. The summed E-state index contributed by atoms with van der Waals surface area (Å²) < 4.78 is 23.4. The summed E-state index contributed by atoms with van der Waals surface area (Å²) in [5.41, 5.74) is 1.45. The van der Waals surface area contributed by atoms with Crippen molar-refractivity contribution >= 4 is 29.2 Å². The first kappa shape index (κ1) is 18.7. The van der Waals surface area contributed by atoms with Crippen molar-refractivity contribution < 1.29 is 23.5 Å². The highest BCUT2D eigenvalue weighted by atomic mass is 35.5. The molecule has 25 heavy (non-hydrogen) atoms. The fourth-order valence-corrected chi connectivity index (χ4v) is 2.23. The molecule has 0 fully saturated rings. The summed E-state index contributed by atoms with van der Waals surface area (Å²) in [5.74, 6) is -1.26. The fourth-order valence-electron chi connectivity index (χ4n) is 2.05. The third-order valence-corrected chi connectivity index (χ3v) is 3.77. The van der Waals surface area contributed by atoms with Crippen molar-refractivity contribution in [2.75, 3.05) is 12.4 Å². The number of methoxy groups -OCH3 is 1. The van der Waals surface area contributed by atoms with Gasteiger partial charge < -0.3 is 14.8 Å². The van der Waals surface area contributed by atoms with Gasteiger partial charge in [-0.05, 0) is 49.7 Å². The number of rotatable bonds is 5. The number of hydrogen-bond donors (Lipinski definition) is 1. The highest BCUT2D eigenvalue weighted by Crippen LogP contribution is 2.21. The largest absolute Gasteiger partial charge is 0.496 e. The van der Waals surface area contributed by atoms with Crippen LogP contribution in [0.15, 0.2) is 36.4 Å². The van der Waals surface area contributed by atoms with Gasteiger partial charge in [0, 0.05) is 5.69 Å². The Morgan fingerprint density at radius 2 is 1.92 bits per heavy atom. The summed E-state index contributed by atoms with van der Waals surface area (Å²) in [5, 5.41) is 2.39. The molecule has 0 spiro atoms. The van der Waals surface area contributed by atoms with Gasteiger partial charge in [-0.3, -0.25) is 4.79 Å². The molecular weight excluding hydrogens is 349 g/mol. The number of aryl methyl sites for hydroxylation is 1. The lowest BCUT2D eigenvalue weighted by atomic mass is 10.1. The molecular formula is C18H17ClFNO4. The van der Waals surface area contributed by atoms with Crippen LogP contribution >= 0.6 is 11.6 Å². The Kier molecular flexibility index (Phi) is 5.98. The van der Waals surface area contributed by atoms with Gasteiger partial charge in [-0.15, -0.1) is 0 Å². The number of benzene rings is 2. The number of anilines is 1. The molecule has 0 radical (unpaired) electrons. The van der Waals surface area contributed by atoms with Crippen molar-refractivity contribution in [2.45, 2.75) is 20.0 Å². The van der Waals surface area contributed by atoms with Crippen molar-refractivity contribution in [3.05, 3.63) is 58.4 Å². The van der Waals surface area contributed by atoms with Gasteiger partial charge in [0.25, 0.3) is 5.91 Å². The third-order valence-electron chi connectivity index (χ3n) is 3.48. The lowest BCUT2D eigenvalue weighted by molar-refractivity contribution is -0.123. The summed E-state index contributed by atoms with van der Waals surface area (Å²) in [4.78, 5) is 24.3. The maximum atomic E-state index is 13.1. The molecule has 2 rings (SSSR count). The first-order valence-electron chi connectivity index (χ1n) is 7.43. The van der Waals surface area contributed by atoms with Gasteiger partial charge in [0.2, 0.25) is 0 Å². The Morgan fingerprint density at radius 1 is 1.20 bits per heavy atom. The maximum absolute atomic E-state index is 13.1. The van der Waals surface area contributed by atoms with Gasteiger partial charge in [-0.2, -0.15) is 0 Å². The fraction of sp³-hybridized carbons (Fsp3) is 0.222. The second kappa shape index (κ2) is 7.98. The second-order valence-corrected chi connectivity index (χ2v) is 5.76. The van der Waals surface area contributed by atoms with E-state index in [9.17, 15) is 14.0 Å². The van der Waals surface area contributed by atoms with Gasteiger partial charge in [-0.1, -0.05) is 17.7 Å². The smallest absolute Gasteiger partial charge is 0.339 e. The predicted molar refractivity (Wildman–Crippen MR) is 92.6 cm³/mol. The average Bonchev–Trinajstić information content (AvgIpc) is 2.58. The lowest BCUT2D eigenvalue weighted by Gasteiger charge is -2.14. The van der Waals surface area contributed by atoms with Crippen molar-refractivity contribution in [2.24, 2.45) is 0 Å². The Labute approximate surface area is 149 Å². The number of nitrogens with one attached hydrogen (secondary N) is 1. The summed E-state index contributed by atoms with van der Waals surface area (Å²) >= 11 is 5.66. The molecule has 0 unspecified atom stereocenters. The molecule has 0 bridgehead atoms. The van der Waals surface area contributed by atoms with Crippen LogP contribution in [-0.2, 0) is 9.53 Å². The number of ether oxygens (including phenoxy) is 2. The van der Waals surface area contributed by atoms with Crippen LogP contribution in [0.1, 0.15) is 22.8 Å². The highest BCUT2D eigenvalue weighted by molar-refractivity contribution is 6.31. The van der Waals surface area contributed by atoms with E-state index in [0.717, 1.165) is 11.6 Å². The van der Waals surface area contributed by atoms with Crippen molar-refractivity contribution in [3.8, 4) is 5.75 Å². The van der Waals surface area contributed by atoms with E-state index in [2.05, 4.69) is 5.32 Å². The molecule has 7 heteroatoms. The minimum Gasteiger partial charge on any atom is -0.496 e. The average molecular weight is 366 g/mol. The molecule has 5 nitrogen and oxygen atoms in total. The van der Waals surface area contributed by atoms with Crippen LogP contribution in [0.25, 0.3) is 0 Å². The van der Waals surface area contributed by atoms with E-state index >= 15 is 0 Å². The number of amides is 1. The summed E-state index contributed by atoms with van der Waals surface area (Å²) in [6.07, 6.45) is -1.05. The Morgan fingerprint density at radius 3 is 2.56 bits per heavy atom. The number of carbonyl (C=O) groups is 2. The van der Waals surface area contributed by atoms with Gasteiger partial charge in [0.15, 0.2) is 6.10 Å². The van der Waals surface area contributed by atoms with Crippen LogP contribution in [0.3, 0.4) is 0 Å². The van der Waals surface area contributed by atoms with Crippen molar-refractivity contribution in [1.82, 2.24) is 0 Å². The molecule has 0 saturated carbocycles. The minimum atomic E-state index is -1.05. The summed E-state index contributed by atoms with van der Waals surface area (Å²) in [7, 11) is 1.50. The monoisotopic (exact) mass is 365 g/mol. The molecule has 2 aromatic rings. The lowest BCUT2D eigenvalue weighted by Crippen LogP contribution is -2.30.